The van der Waals surface area contributed by atoms with Crippen molar-refractivity contribution in [1.82, 2.24) is 4.90 Å². The highest BCUT2D eigenvalue weighted by Crippen LogP contribution is 2.36. The smallest absolute Gasteiger partial charge is 0.123 e. The predicted molar refractivity (Wildman–Crippen MR) is 77.5 cm³/mol. The molecule has 1 aromatic carbocycles. The molecule has 2 atom stereocenters. The first-order valence-corrected chi connectivity index (χ1v) is 7.09. The Labute approximate surface area is 115 Å². The Balaban J connectivity index is 2.42. The molecule has 2 unspecified atom stereocenters. The number of hydrogen-bond acceptors (Lipinski definition) is 2. The molecule has 0 bridgehead atoms. The molecule has 106 valence electrons. The van der Waals surface area contributed by atoms with E-state index in [0.29, 0.717) is 0 Å². The van der Waals surface area contributed by atoms with Gasteiger partial charge in [0.15, 0.2) is 0 Å². The third kappa shape index (κ3) is 2.98. The second kappa shape index (κ2) is 5.22. The van der Waals surface area contributed by atoms with Gasteiger partial charge in [-0.3, -0.25) is 4.90 Å². The summed E-state index contributed by atoms with van der Waals surface area (Å²) in [4.78, 5) is 2.46. The molecule has 0 amide bonds. The van der Waals surface area contributed by atoms with Gasteiger partial charge in [0.1, 0.15) is 5.82 Å². The lowest BCUT2D eigenvalue weighted by Gasteiger charge is -2.48. The Hall–Kier alpha value is -0.930. The molecule has 3 heteroatoms. The molecule has 2 nitrogen and oxygen atoms in total. The van der Waals surface area contributed by atoms with Crippen LogP contribution >= 0.6 is 0 Å². The van der Waals surface area contributed by atoms with Gasteiger partial charge in [0.25, 0.3) is 0 Å². The van der Waals surface area contributed by atoms with E-state index >= 15 is 0 Å². The van der Waals surface area contributed by atoms with Gasteiger partial charge in [-0.25, -0.2) is 4.39 Å². The number of aryl methyl sites for hydroxylation is 1. The number of benzene rings is 1. The molecular formula is C16H25FN2. The Morgan fingerprint density at radius 1 is 1.32 bits per heavy atom. The molecule has 1 aromatic rings. The summed E-state index contributed by atoms with van der Waals surface area (Å²) in [5, 5.41) is 0. The molecule has 19 heavy (non-hydrogen) atoms. The minimum atomic E-state index is -0.173. The fraction of sp³-hybridized carbons (Fsp3) is 0.625. The summed E-state index contributed by atoms with van der Waals surface area (Å²) in [7, 11) is 0. The zero-order valence-corrected chi connectivity index (χ0v) is 12.4. The van der Waals surface area contributed by atoms with E-state index in [-0.39, 0.29) is 23.4 Å². The standard InChI is InChI=1S/C16H25FN2/c1-11-10-12(17)7-8-13(11)15-14(18)6-5-9-19(15)16(2,3)4/h7-8,10,14-15H,5-6,9,18H2,1-4H3. The Kier molecular flexibility index (Phi) is 3.98. The van der Waals surface area contributed by atoms with Crippen LogP contribution in [0.4, 0.5) is 4.39 Å². The predicted octanol–water partition coefficient (Wildman–Crippen LogP) is 3.40. The van der Waals surface area contributed by atoms with Crippen molar-refractivity contribution in [2.24, 2.45) is 5.73 Å². The highest BCUT2D eigenvalue weighted by atomic mass is 19.1. The summed E-state index contributed by atoms with van der Waals surface area (Å²) < 4.78 is 13.3. The first-order valence-electron chi connectivity index (χ1n) is 7.09. The van der Waals surface area contributed by atoms with Gasteiger partial charge < -0.3 is 5.73 Å². The summed E-state index contributed by atoms with van der Waals surface area (Å²) in [6.07, 6.45) is 2.17. The molecule has 0 saturated carbocycles. The van der Waals surface area contributed by atoms with E-state index in [4.69, 9.17) is 5.73 Å². The van der Waals surface area contributed by atoms with Crippen LogP contribution in [0.1, 0.15) is 50.8 Å². The van der Waals surface area contributed by atoms with Gasteiger partial charge in [-0.2, -0.15) is 0 Å². The first kappa shape index (κ1) is 14.5. The summed E-state index contributed by atoms with van der Waals surface area (Å²) in [5.74, 6) is -0.173. The zero-order valence-electron chi connectivity index (χ0n) is 12.4. The number of halogens is 1. The lowest BCUT2D eigenvalue weighted by Crippen LogP contribution is -2.53. The number of likely N-dealkylation sites (tertiary alicyclic amines) is 1. The van der Waals surface area contributed by atoms with Crippen LogP contribution in [0.3, 0.4) is 0 Å². The van der Waals surface area contributed by atoms with Gasteiger partial charge >= 0.3 is 0 Å². The minimum Gasteiger partial charge on any atom is -0.326 e. The molecule has 2 N–H and O–H groups in total. The Morgan fingerprint density at radius 3 is 2.58 bits per heavy atom. The average Bonchev–Trinajstić information content (AvgIpc) is 2.28. The van der Waals surface area contributed by atoms with Crippen LogP contribution in [0.15, 0.2) is 18.2 Å². The maximum absolute atomic E-state index is 13.3. The third-order valence-electron chi connectivity index (χ3n) is 4.09. The molecule has 1 aliphatic heterocycles. The summed E-state index contributed by atoms with van der Waals surface area (Å²) in [6.45, 7) is 9.68. The van der Waals surface area contributed by atoms with Crippen molar-refractivity contribution in [3.63, 3.8) is 0 Å². The lowest BCUT2D eigenvalue weighted by atomic mass is 9.85. The van der Waals surface area contributed by atoms with Crippen LogP contribution < -0.4 is 5.73 Å². The van der Waals surface area contributed by atoms with Crippen LogP contribution in [-0.4, -0.2) is 23.0 Å². The maximum atomic E-state index is 13.3. The van der Waals surface area contributed by atoms with Gasteiger partial charge in [-0.05, 0) is 70.3 Å². The Bertz CT molecular complexity index is 451. The Morgan fingerprint density at radius 2 is 2.00 bits per heavy atom. The fourth-order valence-electron chi connectivity index (χ4n) is 3.15. The van der Waals surface area contributed by atoms with Crippen molar-refractivity contribution in [3.05, 3.63) is 35.1 Å². The van der Waals surface area contributed by atoms with E-state index in [1.54, 1.807) is 12.1 Å². The van der Waals surface area contributed by atoms with E-state index in [1.807, 2.05) is 13.0 Å². The maximum Gasteiger partial charge on any atom is 0.123 e. The van der Waals surface area contributed by atoms with Crippen molar-refractivity contribution in [1.29, 1.82) is 0 Å². The van der Waals surface area contributed by atoms with Crippen molar-refractivity contribution < 1.29 is 4.39 Å². The zero-order chi connectivity index (χ0) is 14.2. The third-order valence-corrected chi connectivity index (χ3v) is 4.09. The van der Waals surface area contributed by atoms with E-state index in [0.717, 1.165) is 24.9 Å². The van der Waals surface area contributed by atoms with Crippen molar-refractivity contribution >= 4 is 0 Å². The number of hydrogen-bond donors (Lipinski definition) is 1. The quantitative estimate of drug-likeness (QED) is 0.842. The van der Waals surface area contributed by atoms with Gasteiger partial charge in [-0.1, -0.05) is 6.07 Å². The number of nitrogens with zero attached hydrogens (tertiary/aromatic N) is 1. The molecule has 0 aromatic heterocycles. The lowest BCUT2D eigenvalue weighted by molar-refractivity contribution is 0.0381. The molecule has 1 saturated heterocycles. The van der Waals surface area contributed by atoms with Crippen LogP contribution in [0.25, 0.3) is 0 Å². The van der Waals surface area contributed by atoms with Crippen LogP contribution in [0, 0.1) is 12.7 Å². The van der Waals surface area contributed by atoms with Gasteiger partial charge in [0, 0.05) is 11.6 Å². The largest absolute Gasteiger partial charge is 0.326 e. The van der Waals surface area contributed by atoms with E-state index in [1.165, 1.54) is 5.56 Å². The molecule has 1 fully saturated rings. The molecule has 0 radical (unpaired) electrons. The first-order chi connectivity index (χ1) is 8.80. The highest BCUT2D eigenvalue weighted by molar-refractivity contribution is 5.31. The summed E-state index contributed by atoms with van der Waals surface area (Å²) >= 11 is 0. The monoisotopic (exact) mass is 264 g/mol. The van der Waals surface area contributed by atoms with Crippen molar-refractivity contribution in [2.45, 2.75) is 58.2 Å². The number of piperidine rings is 1. The molecule has 0 spiro atoms. The summed E-state index contributed by atoms with van der Waals surface area (Å²) in [6, 6.07) is 5.37. The van der Waals surface area contributed by atoms with Crippen LogP contribution in [0.2, 0.25) is 0 Å². The van der Waals surface area contributed by atoms with E-state index in [2.05, 4.69) is 25.7 Å². The fourth-order valence-corrected chi connectivity index (χ4v) is 3.15. The highest BCUT2D eigenvalue weighted by Gasteiger charge is 2.37. The van der Waals surface area contributed by atoms with Crippen LogP contribution in [0.5, 0.6) is 0 Å². The topological polar surface area (TPSA) is 29.3 Å². The van der Waals surface area contributed by atoms with Crippen molar-refractivity contribution in [2.75, 3.05) is 6.54 Å². The average molecular weight is 264 g/mol. The second-order valence-corrected chi connectivity index (χ2v) is 6.62. The van der Waals surface area contributed by atoms with E-state index in [9.17, 15) is 4.39 Å². The summed E-state index contributed by atoms with van der Waals surface area (Å²) in [5.41, 5.74) is 8.61. The number of nitrogens with two attached hydrogens (primary N) is 1. The number of rotatable bonds is 1. The molecule has 1 aliphatic rings. The molecule has 0 aliphatic carbocycles. The van der Waals surface area contributed by atoms with Gasteiger partial charge in [0.05, 0.1) is 6.04 Å². The van der Waals surface area contributed by atoms with Gasteiger partial charge in [0.2, 0.25) is 0 Å². The van der Waals surface area contributed by atoms with Gasteiger partial charge in [-0.15, -0.1) is 0 Å². The minimum absolute atomic E-state index is 0.0729. The normalized spacial score (nSPS) is 25.6. The van der Waals surface area contributed by atoms with Crippen LogP contribution in [-0.2, 0) is 0 Å². The molecule has 1 heterocycles. The molecule has 2 rings (SSSR count). The van der Waals surface area contributed by atoms with Crippen molar-refractivity contribution in [3.8, 4) is 0 Å². The van der Waals surface area contributed by atoms with E-state index < -0.39 is 0 Å². The SMILES string of the molecule is Cc1cc(F)ccc1C1C(N)CCCN1C(C)(C)C. The second-order valence-electron chi connectivity index (χ2n) is 6.62. The molecular weight excluding hydrogens is 239 g/mol.